The van der Waals surface area contributed by atoms with Crippen LogP contribution in [0.25, 0.3) is 0 Å². The minimum Gasteiger partial charge on any atom is -0.494 e. The summed E-state index contributed by atoms with van der Waals surface area (Å²) in [4.78, 5) is 4.43. The number of benzene rings is 1. The highest BCUT2D eigenvalue weighted by atomic mass is 32.2. The first-order valence-electron chi connectivity index (χ1n) is 10.1. The van der Waals surface area contributed by atoms with Crippen LogP contribution in [0.4, 0.5) is 0 Å². The lowest BCUT2D eigenvalue weighted by Crippen LogP contribution is -2.48. The first-order chi connectivity index (χ1) is 13.3. The number of ether oxygens (including phenoxy) is 2. The normalized spacial score (nSPS) is 22.4. The molecule has 0 amide bonds. The molecule has 0 saturated carbocycles. The third-order valence-corrected chi connectivity index (χ3v) is 6.96. The molecule has 0 aromatic heterocycles. The monoisotopic (exact) mass is 391 g/mol. The van der Waals surface area contributed by atoms with E-state index in [1.807, 2.05) is 14.0 Å². The molecule has 1 aromatic carbocycles. The summed E-state index contributed by atoms with van der Waals surface area (Å²) in [5, 5.41) is 7.81. The van der Waals surface area contributed by atoms with E-state index < -0.39 is 0 Å². The number of thioether (sulfide) groups is 1. The van der Waals surface area contributed by atoms with Crippen molar-refractivity contribution in [1.29, 1.82) is 0 Å². The Bertz CT molecular complexity index is 594. The first-order valence-corrected chi connectivity index (χ1v) is 11.2. The Kier molecular flexibility index (Phi) is 7.70. The van der Waals surface area contributed by atoms with Crippen LogP contribution in [0, 0.1) is 0 Å². The highest BCUT2D eigenvalue weighted by molar-refractivity contribution is 8.00. The molecule has 1 atom stereocenters. The lowest BCUT2D eigenvalue weighted by molar-refractivity contribution is 0.0513. The zero-order valence-corrected chi connectivity index (χ0v) is 17.4. The van der Waals surface area contributed by atoms with Crippen LogP contribution in [0.15, 0.2) is 29.3 Å². The maximum absolute atomic E-state index is 5.66. The Hall–Kier alpha value is -1.40. The van der Waals surface area contributed by atoms with Gasteiger partial charge in [0.2, 0.25) is 0 Å². The van der Waals surface area contributed by atoms with Crippen molar-refractivity contribution >= 4 is 17.7 Å². The fourth-order valence-electron chi connectivity index (χ4n) is 3.89. The van der Waals surface area contributed by atoms with Crippen LogP contribution in [0.1, 0.15) is 38.2 Å². The van der Waals surface area contributed by atoms with E-state index in [1.54, 1.807) is 0 Å². The molecule has 0 aliphatic carbocycles. The Labute approximate surface area is 167 Å². The molecule has 27 heavy (non-hydrogen) atoms. The lowest BCUT2D eigenvalue weighted by Gasteiger charge is -2.38. The van der Waals surface area contributed by atoms with Crippen LogP contribution >= 0.6 is 11.8 Å². The van der Waals surface area contributed by atoms with E-state index in [1.165, 1.54) is 24.2 Å². The molecular weight excluding hydrogens is 358 g/mol. The van der Waals surface area contributed by atoms with Gasteiger partial charge < -0.3 is 20.1 Å². The van der Waals surface area contributed by atoms with Crippen molar-refractivity contribution in [1.82, 2.24) is 10.6 Å². The van der Waals surface area contributed by atoms with E-state index in [-0.39, 0.29) is 5.41 Å². The van der Waals surface area contributed by atoms with Crippen LogP contribution < -0.4 is 15.4 Å². The van der Waals surface area contributed by atoms with Gasteiger partial charge in [0.15, 0.2) is 5.96 Å². The molecule has 1 unspecified atom stereocenters. The molecule has 0 spiro atoms. The van der Waals surface area contributed by atoms with E-state index in [9.17, 15) is 0 Å². The number of hydrogen-bond donors (Lipinski definition) is 2. The van der Waals surface area contributed by atoms with Crippen molar-refractivity contribution in [3.63, 3.8) is 0 Å². The van der Waals surface area contributed by atoms with Crippen molar-refractivity contribution < 1.29 is 9.47 Å². The Morgan fingerprint density at radius 3 is 2.67 bits per heavy atom. The third kappa shape index (κ3) is 5.55. The molecule has 3 rings (SSSR count). The van der Waals surface area contributed by atoms with Crippen LogP contribution in [0.2, 0.25) is 0 Å². The molecule has 150 valence electrons. The van der Waals surface area contributed by atoms with E-state index in [4.69, 9.17) is 9.47 Å². The van der Waals surface area contributed by atoms with Gasteiger partial charge in [-0.3, -0.25) is 4.99 Å². The van der Waals surface area contributed by atoms with Gasteiger partial charge in [-0.05, 0) is 56.1 Å². The molecule has 2 fully saturated rings. The van der Waals surface area contributed by atoms with Crippen molar-refractivity contribution in [3.8, 4) is 5.75 Å². The number of nitrogens with zero attached hydrogens (tertiary/aromatic N) is 1. The lowest BCUT2D eigenvalue weighted by atomic mass is 9.74. The van der Waals surface area contributed by atoms with Gasteiger partial charge in [0.25, 0.3) is 0 Å². The maximum atomic E-state index is 5.66. The van der Waals surface area contributed by atoms with Crippen LogP contribution in [-0.4, -0.2) is 56.9 Å². The quantitative estimate of drug-likeness (QED) is 0.552. The fraction of sp³-hybridized carbons (Fsp3) is 0.667. The molecule has 1 aromatic rings. The highest BCUT2D eigenvalue weighted by Crippen LogP contribution is 2.35. The molecular formula is C21H33N3O2S. The Morgan fingerprint density at radius 2 is 2.04 bits per heavy atom. The minimum absolute atomic E-state index is 0.0721. The second kappa shape index (κ2) is 10.2. The number of aliphatic imine (C=N–C) groups is 1. The van der Waals surface area contributed by atoms with Crippen molar-refractivity contribution in [2.75, 3.05) is 45.7 Å². The molecule has 2 heterocycles. The average molecular weight is 392 g/mol. The van der Waals surface area contributed by atoms with E-state index in [0.717, 1.165) is 50.9 Å². The molecule has 2 N–H and O–H groups in total. The summed E-state index contributed by atoms with van der Waals surface area (Å²) in [6, 6.07) is 8.59. The summed E-state index contributed by atoms with van der Waals surface area (Å²) >= 11 is 2.07. The van der Waals surface area contributed by atoms with E-state index in [0.29, 0.717) is 11.9 Å². The molecule has 5 nitrogen and oxygen atoms in total. The van der Waals surface area contributed by atoms with Gasteiger partial charge in [-0.25, -0.2) is 0 Å². The van der Waals surface area contributed by atoms with Crippen LogP contribution in [0.5, 0.6) is 5.75 Å². The van der Waals surface area contributed by atoms with Gasteiger partial charge in [0, 0.05) is 44.0 Å². The predicted molar refractivity (Wildman–Crippen MR) is 114 cm³/mol. The second-order valence-corrected chi connectivity index (χ2v) is 8.70. The van der Waals surface area contributed by atoms with Gasteiger partial charge in [0.05, 0.1) is 6.61 Å². The molecule has 0 bridgehead atoms. The predicted octanol–water partition coefficient (Wildman–Crippen LogP) is 3.19. The Morgan fingerprint density at radius 1 is 1.26 bits per heavy atom. The van der Waals surface area contributed by atoms with Gasteiger partial charge in [-0.15, -0.1) is 0 Å². The second-order valence-electron chi connectivity index (χ2n) is 7.29. The summed E-state index contributed by atoms with van der Waals surface area (Å²) < 4.78 is 11.3. The van der Waals surface area contributed by atoms with Gasteiger partial charge in [-0.1, -0.05) is 12.1 Å². The zero-order valence-electron chi connectivity index (χ0n) is 16.6. The first kappa shape index (κ1) is 20.3. The molecule has 0 radical (unpaired) electrons. The summed E-state index contributed by atoms with van der Waals surface area (Å²) in [5.74, 6) is 3.13. The van der Waals surface area contributed by atoms with Gasteiger partial charge in [0.1, 0.15) is 5.75 Å². The van der Waals surface area contributed by atoms with Crippen molar-refractivity contribution in [2.45, 2.75) is 43.3 Å². The minimum atomic E-state index is 0.0721. The highest BCUT2D eigenvalue weighted by Gasteiger charge is 2.34. The maximum Gasteiger partial charge on any atom is 0.191 e. The van der Waals surface area contributed by atoms with E-state index >= 15 is 0 Å². The molecule has 2 aliphatic heterocycles. The van der Waals surface area contributed by atoms with Gasteiger partial charge in [-0.2, -0.15) is 11.8 Å². The summed E-state index contributed by atoms with van der Waals surface area (Å²) in [6.45, 7) is 6.17. The zero-order chi connectivity index (χ0) is 19.0. The number of hydrogen-bond acceptors (Lipinski definition) is 4. The molecule has 6 heteroatoms. The van der Waals surface area contributed by atoms with E-state index in [2.05, 4.69) is 51.7 Å². The number of nitrogens with one attached hydrogen (secondary N) is 2. The molecule has 2 saturated heterocycles. The summed E-state index contributed by atoms with van der Waals surface area (Å²) in [6.07, 6.45) is 4.68. The number of rotatable bonds is 7. The SMILES string of the molecule is CCOc1ccc(C2(CNC(=NC)NCC3CCCS3)CCOCC2)cc1. The topological polar surface area (TPSA) is 54.9 Å². The average Bonchev–Trinajstić information content (AvgIpc) is 3.23. The molecule has 2 aliphatic rings. The Balaban J connectivity index is 1.63. The number of guanidine groups is 1. The van der Waals surface area contributed by atoms with Gasteiger partial charge >= 0.3 is 0 Å². The van der Waals surface area contributed by atoms with Crippen molar-refractivity contribution in [2.24, 2.45) is 4.99 Å². The largest absolute Gasteiger partial charge is 0.494 e. The third-order valence-electron chi connectivity index (χ3n) is 5.57. The summed E-state index contributed by atoms with van der Waals surface area (Å²) in [5.41, 5.74) is 1.42. The summed E-state index contributed by atoms with van der Waals surface area (Å²) in [7, 11) is 1.85. The standard InChI is InChI=1S/C21H33N3O2S/c1-3-26-18-8-6-17(7-9-18)21(10-12-25-13-11-21)16-24-20(22-2)23-15-19-5-4-14-27-19/h6-9,19H,3-5,10-16H2,1-2H3,(H2,22,23,24). The fourth-order valence-corrected chi connectivity index (χ4v) is 5.09. The van der Waals surface area contributed by atoms with Crippen LogP contribution in [-0.2, 0) is 10.2 Å². The van der Waals surface area contributed by atoms with Crippen LogP contribution in [0.3, 0.4) is 0 Å². The smallest absolute Gasteiger partial charge is 0.191 e. The van der Waals surface area contributed by atoms with Crippen molar-refractivity contribution in [3.05, 3.63) is 29.8 Å².